The predicted octanol–water partition coefficient (Wildman–Crippen LogP) is 2.94. The van der Waals surface area contributed by atoms with Crippen LogP contribution in [0.3, 0.4) is 0 Å². The number of nitrogens with zero attached hydrogens (tertiary/aromatic N) is 2. The second-order valence-electron chi connectivity index (χ2n) is 4.96. The zero-order valence-corrected chi connectivity index (χ0v) is 14.7. The highest BCUT2D eigenvalue weighted by Crippen LogP contribution is 2.19. The largest absolute Gasteiger partial charge is 0.362 e. The lowest BCUT2D eigenvalue weighted by atomic mass is 10.3. The van der Waals surface area contributed by atoms with Gasteiger partial charge in [-0.25, -0.2) is 0 Å². The molecule has 116 valence electrons. The van der Waals surface area contributed by atoms with Crippen LogP contribution in [-0.4, -0.2) is 59.9 Å². The van der Waals surface area contributed by atoms with E-state index in [2.05, 4.69) is 34.2 Å². The average Bonchev–Trinajstić information content (AvgIpc) is 2.53. The van der Waals surface area contributed by atoms with Crippen molar-refractivity contribution in [3.63, 3.8) is 0 Å². The van der Waals surface area contributed by atoms with Crippen LogP contribution in [0.25, 0.3) is 0 Å². The number of hydrogen-bond donors (Lipinski definition) is 1. The number of halogens is 1. The zero-order chi connectivity index (χ0) is 15.1. The summed E-state index contributed by atoms with van der Waals surface area (Å²) in [6, 6.07) is 7.95. The molecule has 1 fully saturated rings. The topological polar surface area (TPSA) is 18.5 Å². The molecule has 6 heteroatoms. The number of benzene rings is 1. The van der Waals surface area contributed by atoms with Crippen LogP contribution in [0.1, 0.15) is 6.92 Å². The molecule has 3 nitrogen and oxygen atoms in total. The molecule has 0 aromatic heterocycles. The van der Waals surface area contributed by atoms with Crippen LogP contribution in [0.4, 0.5) is 0 Å². The maximum Gasteiger partial charge on any atom is 0.169 e. The molecule has 0 saturated carbocycles. The summed E-state index contributed by atoms with van der Waals surface area (Å²) >= 11 is 13.2. The van der Waals surface area contributed by atoms with E-state index in [0.29, 0.717) is 0 Å². The number of thioether (sulfide) groups is 1. The lowest BCUT2D eigenvalue weighted by Gasteiger charge is -2.35. The molecular weight excluding hydrogens is 322 g/mol. The summed E-state index contributed by atoms with van der Waals surface area (Å²) in [6.07, 6.45) is 0. The van der Waals surface area contributed by atoms with Crippen molar-refractivity contribution in [2.24, 2.45) is 0 Å². The molecule has 1 aliphatic rings. The van der Waals surface area contributed by atoms with Crippen molar-refractivity contribution in [1.29, 1.82) is 0 Å². The molecule has 1 aromatic rings. The van der Waals surface area contributed by atoms with Gasteiger partial charge in [0, 0.05) is 48.4 Å². The fraction of sp³-hybridized carbons (Fsp3) is 0.533. The smallest absolute Gasteiger partial charge is 0.169 e. The number of likely N-dealkylation sites (N-methyl/N-ethyl adjacent to an activating group) is 1. The Morgan fingerprint density at radius 1 is 1.24 bits per heavy atom. The first-order chi connectivity index (χ1) is 10.2. The van der Waals surface area contributed by atoms with Crippen LogP contribution in [0.2, 0.25) is 5.02 Å². The number of thiocarbonyl (C=S) groups is 1. The summed E-state index contributed by atoms with van der Waals surface area (Å²) in [5, 5.41) is 5.03. The van der Waals surface area contributed by atoms with Gasteiger partial charge in [0.05, 0.1) is 0 Å². The predicted molar refractivity (Wildman–Crippen MR) is 96.5 cm³/mol. The van der Waals surface area contributed by atoms with Crippen LogP contribution in [-0.2, 0) is 0 Å². The van der Waals surface area contributed by atoms with Gasteiger partial charge in [-0.15, -0.1) is 11.8 Å². The van der Waals surface area contributed by atoms with Gasteiger partial charge in [-0.3, -0.25) is 0 Å². The van der Waals surface area contributed by atoms with E-state index in [1.807, 2.05) is 23.9 Å². The van der Waals surface area contributed by atoms with E-state index in [-0.39, 0.29) is 0 Å². The van der Waals surface area contributed by atoms with Gasteiger partial charge in [-0.05, 0) is 43.0 Å². The molecule has 1 N–H and O–H groups in total. The standard InChI is InChI=1S/C15H22ClN3S2/c1-2-18-8-10-19(11-9-18)15(20)17-7-12-21-14-5-3-13(16)4-6-14/h3-6H,2,7-12H2,1H3,(H,17,20). The van der Waals surface area contributed by atoms with Gasteiger partial charge in [0.2, 0.25) is 0 Å². The first-order valence-electron chi connectivity index (χ1n) is 7.32. The minimum absolute atomic E-state index is 0.782. The molecule has 2 rings (SSSR count). The summed E-state index contributed by atoms with van der Waals surface area (Å²) in [7, 11) is 0. The van der Waals surface area contributed by atoms with Crippen molar-refractivity contribution in [2.75, 3.05) is 45.0 Å². The molecular formula is C15H22ClN3S2. The van der Waals surface area contributed by atoms with Crippen LogP contribution in [0, 0.1) is 0 Å². The highest BCUT2D eigenvalue weighted by atomic mass is 35.5. The number of hydrogen-bond acceptors (Lipinski definition) is 3. The first kappa shape index (κ1) is 16.9. The summed E-state index contributed by atoms with van der Waals surface area (Å²) in [5.41, 5.74) is 0. The molecule has 0 aliphatic carbocycles. The van der Waals surface area contributed by atoms with E-state index in [1.165, 1.54) is 4.90 Å². The van der Waals surface area contributed by atoms with Crippen LogP contribution < -0.4 is 5.32 Å². The van der Waals surface area contributed by atoms with Crippen molar-refractivity contribution >= 4 is 40.7 Å². The van der Waals surface area contributed by atoms with Crippen molar-refractivity contribution in [1.82, 2.24) is 15.1 Å². The Labute approximate surface area is 142 Å². The van der Waals surface area contributed by atoms with Gasteiger partial charge < -0.3 is 15.1 Å². The van der Waals surface area contributed by atoms with E-state index in [9.17, 15) is 0 Å². The highest BCUT2D eigenvalue weighted by Gasteiger charge is 2.17. The third kappa shape index (κ3) is 5.66. The molecule has 0 amide bonds. The molecule has 1 saturated heterocycles. The summed E-state index contributed by atoms with van der Waals surface area (Å²) in [5.74, 6) is 0.997. The first-order valence-corrected chi connectivity index (χ1v) is 9.09. The highest BCUT2D eigenvalue weighted by molar-refractivity contribution is 7.99. The Morgan fingerprint density at radius 2 is 1.90 bits per heavy atom. The molecule has 1 aromatic carbocycles. The van der Waals surface area contributed by atoms with E-state index in [4.69, 9.17) is 23.8 Å². The molecule has 0 bridgehead atoms. The molecule has 0 unspecified atom stereocenters. The van der Waals surface area contributed by atoms with E-state index >= 15 is 0 Å². The summed E-state index contributed by atoms with van der Waals surface area (Å²) in [4.78, 5) is 5.97. The van der Waals surface area contributed by atoms with Crippen LogP contribution in [0.5, 0.6) is 0 Å². The minimum Gasteiger partial charge on any atom is -0.362 e. The van der Waals surface area contributed by atoms with Crippen LogP contribution in [0.15, 0.2) is 29.2 Å². The average molecular weight is 344 g/mol. The molecule has 1 aliphatic heterocycles. The maximum absolute atomic E-state index is 5.87. The fourth-order valence-electron chi connectivity index (χ4n) is 2.24. The number of piperazine rings is 1. The Morgan fingerprint density at radius 3 is 2.52 bits per heavy atom. The Kier molecular flexibility index (Phi) is 7.10. The SMILES string of the molecule is CCN1CCN(C(=S)NCCSc2ccc(Cl)cc2)CC1. The minimum atomic E-state index is 0.782. The van der Waals surface area contributed by atoms with Crippen molar-refractivity contribution in [2.45, 2.75) is 11.8 Å². The summed E-state index contributed by atoms with van der Waals surface area (Å²) < 4.78 is 0. The van der Waals surface area contributed by atoms with Crippen molar-refractivity contribution < 1.29 is 0 Å². The Hall–Kier alpha value is -0.490. The normalized spacial score (nSPS) is 16.0. The number of rotatable bonds is 5. The zero-order valence-electron chi connectivity index (χ0n) is 12.3. The Bertz CT molecular complexity index is 445. The maximum atomic E-state index is 5.87. The van der Waals surface area contributed by atoms with Gasteiger partial charge in [0.1, 0.15) is 0 Å². The van der Waals surface area contributed by atoms with E-state index in [1.54, 1.807) is 0 Å². The number of nitrogens with one attached hydrogen (secondary N) is 1. The fourth-order valence-corrected chi connectivity index (χ4v) is 3.42. The van der Waals surface area contributed by atoms with Gasteiger partial charge in [-0.1, -0.05) is 18.5 Å². The second kappa shape index (κ2) is 8.83. The van der Waals surface area contributed by atoms with Crippen LogP contribution >= 0.6 is 35.6 Å². The van der Waals surface area contributed by atoms with Gasteiger partial charge in [0.15, 0.2) is 5.11 Å². The van der Waals surface area contributed by atoms with Gasteiger partial charge in [-0.2, -0.15) is 0 Å². The second-order valence-corrected chi connectivity index (χ2v) is 6.95. The molecule has 0 atom stereocenters. The molecule has 21 heavy (non-hydrogen) atoms. The van der Waals surface area contributed by atoms with Crippen molar-refractivity contribution in [3.8, 4) is 0 Å². The molecule has 0 radical (unpaired) electrons. The monoisotopic (exact) mass is 343 g/mol. The van der Waals surface area contributed by atoms with Gasteiger partial charge >= 0.3 is 0 Å². The van der Waals surface area contributed by atoms with E-state index < -0.39 is 0 Å². The summed E-state index contributed by atoms with van der Waals surface area (Å²) in [6.45, 7) is 8.51. The third-order valence-electron chi connectivity index (χ3n) is 3.57. The quantitative estimate of drug-likeness (QED) is 0.502. The van der Waals surface area contributed by atoms with E-state index in [0.717, 1.165) is 55.2 Å². The lowest BCUT2D eigenvalue weighted by molar-refractivity contribution is 0.189. The molecule has 1 heterocycles. The lowest BCUT2D eigenvalue weighted by Crippen LogP contribution is -2.51. The van der Waals surface area contributed by atoms with Crippen molar-refractivity contribution in [3.05, 3.63) is 29.3 Å². The molecule has 0 spiro atoms. The Balaban J connectivity index is 1.62. The van der Waals surface area contributed by atoms with Gasteiger partial charge in [0.25, 0.3) is 0 Å². The third-order valence-corrected chi connectivity index (χ3v) is 5.24.